The molecule has 0 radical (unpaired) electrons. The van der Waals surface area contributed by atoms with Crippen LogP contribution in [0.4, 0.5) is 16.2 Å². The summed E-state index contributed by atoms with van der Waals surface area (Å²) < 4.78 is 29.7. The maximum atomic E-state index is 13.0. The van der Waals surface area contributed by atoms with E-state index in [0.717, 1.165) is 0 Å². The van der Waals surface area contributed by atoms with Crippen LogP contribution in [0.25, 0.3) is 11.4 Å². The summed E-state index contributed by atoms with van der Waals surface area (Å²) in [5.74, 6) is 1.76. The standard InChI is InChI=1S/C15H17FN6O3/c16-5-10-8-24-11-13(22-1-3-23-4-2-22)20-12(21-14(11)25-10)9-6-18-15(17)19-7-9/h6-7,10H,1-5,8H2,(H2,17,18,19). The van der Waals surface area contributed by atoms with Crippen LogP contribution in [0.5, 0.6) is 11.6 Å². The van der Waals surface area contributed by atoms with Crippen LogP contribution in [0.3, 0.4) is 0 Å². The van der Waals surface area contributed by atoms with Crippen molar-refractivity contribution in [2.45, 2.75) is 6.10 Å². The Kier molecular flexibility index (Phi) is 4.18. The highest BCUT2D eigenvalue weighted by Gasteiger charge is 2.30. The molecule has 25 heavy (non-hydrogen) atoms. The highest BCUT2D eigenvalue weighted by molar-refractivity contribution is 5.65. The molecule has 1 fully saturated rings. The molecule has 2 aliphatic rings. The predicted octanol–water partition coefficient (Wildman–Crippen LogP) is 0.462. The van der Waals surface area contributed by atoms with Crippen LogP contribution in [-0.4, -0.2) is 65.6 Å². The molecule has 10 heteroatoms. The fraction of sp³-hybridized carbons (Fsp3) is 0.467. The Balaban J connectivity index is 1.78. The number of alkyl halides is 1. The maximum Gasteiger partial charge on any atom is 0.263 e. The molecule has 0 saturated carbocycles. The Labute approximate surface area is 143 Å². The minimum absolute atomic E-state index is 0.120. The normalized spacial score (nSPS) is 19.7. The summed E-state index contributed by atoms with van der Waals surface area (Å²) in [6, 6.07) is 0. The molecule has 2 aromatic heterocycles. The zero-order valence-electron chi connectivity index (χ0n) is 13.4. The number of rotatable bonds is 3. The molecule has 132 valence electrons. The summed E-state index contributed by atoms with van der Waals surface area (Å²) >= 11 is 0. The summed E-state index contributed by atoms with van der Waals surface area (Å²) in [6.07, 6.45) is 2.38. The Morgan fingerprint density at radius 3 is 2.68 bits per heavy atom. The molecular formula is C15H17FN6O3. The average Bonchev–Trinajstić information content (AvgIpc) is 2.68. The van der Waals surface area contributed by atoms with Gasteiger partial charge in [0.2, 0.25) is 11.7 Å². The van der Waals surface area contributed by atoms with Gasteiger partial charge in [0.25, 0.3) is 5.88 Å². The number of nitrogen functional groups attached to an aromatic ring is 1. The molecule has 1 atom stereocenters. The van der Waals surface area contributed by atoms with Gasteiger partial charge in [0, 0.05) is 25.5 Å². The topological polar surface area (TPSA) is 109 Å². The number of halogens is 1. The van der Waals surface area contributed by atoms with Gasteiger partial charge in [0.1, 0.15) is 13.3 Å². The smallest absolute Gasteiger partial charge is 0.263 e. The first-order chi connectivity index (χ1) is 12.2. The van der Waals surface area contributed by atoms with Gasteiger partial charge >= 0.3 is 0 Å². The van der Waals surface area contributed by atoms with Gasteiger partial charge in [-0.1, -0.05) is 0 Å². The van der Waals surface area contributed by atoms with E-state index in [0.29, 0.717) is 49.3 Å². The lowest BCUT2D eigenvalue weighted by Gasteiger charge is -2.32. The van der Waals surface area contributed by atoms with Crippen molar-refractivity contribution < 1.29 is 18.6 Å². The fourth-order valence-corrected chi connectivity index (χ4v) is 2.64. The van der Waals surface area contributed by atoms with Crippen LogP contribution >= 0.6 is 0 Å². The van der Waals surface area contributed by atoms with Gasteiger partial charge in [-0.25, -0.2) is 19.3 Å². The third kappa shape index (κ3) is 3.12. The molecule has 4 rings (SSSR count). The number of aromatic nitrogens is 4. The fourth-order valence-electron chi connectivity index (χ4n) is 2.64. The summed E-state index contributed by atoms with van der Waals surface area (Å²) in [7, 11) is 0. The first-order valence-electron chi connectivity index (χ1n) is 7.92. The summed E-state index contributed by atoms with van der Waals surface area (Å²) in [5.41, 5.74) is 6.11. The van der Waals surface area contributed by atoms with Gasteiger partial charge in [0.05, 0.1) is 18.8 Å². The predicted molar refractivity (Wildman–Crippen MR) is 86.4 cm³/mol. The molecule has 0 bridgehead atoms. The molecule has 0 spiro atoms. The number of hydrogen-bond donors (Lipinski definition) is 1. The van der Waals surface area contributed by atoms with Gasteiger partial charge in [0.15, 0.2) is 17.7 Å². The quantitative estimate of drug-likeness (QED) is 0.846. The molecule has 0 aliphatic carbocycles. The lowest BCUT2D eigenvalue weighted by Crippen LogP contribution is -2.38. The van der Waals surface area contributed by atoms with Crippen LogP contribution in [0, 0.1) is 0 Å². The van der Waals surface area contributed by atoms with Crippen molar-refractivity contribution in [2.24, 2.45) is 0 Å². The lowest BCUT2D eigenvalue weighted by molar-refractivity contribution is 0.0657. The minimum atomic E-state index is -0.685. The van der Waals surface area contributed by atoms with E-state index in [2.05, 4.69) is 19.9 Å². The molecule has 2 aromatic rings. The summed E-state index contributed by atoms with van der Waals surface area (Å²) in [5, 5.41) is 0. The number of ether oxygens (including phenoxy) is 3. The van der Waals surface area contributed by atoms with Crippen molar-refractivity contribution >= 4 is 11.8 Å². The molecule has 1 unspecified atom stereocenters. The number of nitrogens with zero attached hydrogens (tertiary/aromatic N) is 5. The Bertz CT molecular complexity index is 754. The maximum absolute atomic E-state index is 13.0. The SMILES string of the molecule is Nc1ncc(-c2nc3c(c(N4CCOCC4)n2)OCC(CF)O3)cn1. The van der Waals surface area contributed by atoms with Crippen molar-refractivity contribution in [3.63, 3.8) is 0 Å². The van der Waals surface area contributed by atoms with Gasteiger partial charge < -0.3 is 24.8 Å². The van der Waals surface area contributed by atoms with E-state index < -0.39 is 12.8 Å². The second kappa shape index (κ2) is 6.63. The second-order valence-corrected chi connectivity index (χ2v) is 5.64. The van der Waals surface area contributed by atoms with E-state index in [4.69, 9.17) is 19.9 Å². The molecule has 0 amide bonds. The summed E-state index contributed by atoms with van der Waals surface area (Å²) in [6.45, 7) is 1.97. The van der Waals surface area contributed by atoms with E-state index >= 15 is 0 Å². The lowest BCUT2D eigenvalue weighted by atomic mass is 10.3. The molecule has 2 aliphatic heterocycles. The zero-order valence-corrected chi connectivity index (χ0v) is 13.4. The van der Waals surface area contributed by atoms with Crippen LogP contribution < -0.4 is 20.1 Å². The van der Waals surface area contributed by atoms with Gasteiger partial charge in [-0.3, -0.25) is 0 Å². The zero-order chi connectivity index (χ0) is 17.2. The van der Waals surface area contributed by atoms with Crippen molar-refractivity contribution in [1.82, 2.24) is 19.9 Å². The van der Waals surface area contributed by atoms with Crippen LogP contribution in [0.1, 0.15) is 0 Å². The first-order valence-corrected chi connectivity index (χ1v) is 7.92. The Morgan fingerprint density at radius 2 is 1.96 bits per heavy atom. The average molecular weight is 348 g/mol. The van der Waals surface area contributed by atoms with E-state index in [1.807, 2.05) is 4.90 Å². The van der Waals surface area contributed by atoms with Gasteiger partial charge in [-0.15, -0.1) is 0 Å². The third-order valence-electron chi connectivity index (χ3n) is 3.92. The number of anilines is 2. The van der Waals surface area contributed by atoms with Crippen LogP contribution in [-0.2, 0) is 4.74 Å². The number of hydrogen-bond acceptors (Lipinski definition) is 9. The van der Waals surface area contributed by atoms with Crippen molar-refractivity contribution in [3.05, 3.63) is 12.4 Å². The molecular weight excluding hydrogens is 331 g/mol. The largest absolute Gasteiger partial charge is 0.481 e. The molecule has 0 aromatic carbocycles. The number of nitrogens with two attached hydrogens (primary N) is 1. The van der Waals surface area contributed by atoms with Crippen LogP contribution in [0.2, 0.25) is 0 Å². The Hall–Kier alpha value is -2.75. The van der Waals surface area contributed by atoms with Crippen LogP contribution in [0.15, 0.2) is 12.4 Å². The van der Waals surface area contributed by atoms with E-state index in [1.54, 1.807) is 0 Å². The molecule has 1 saturated heterocycles. The highest BCUT2D eigenvalue weighted by Crippen LogP contribution is 2.39. The second-order valence-electron chi connectivity index (χ2n) is 5.64. The molecule has 4 heterocycles. The van der Waals surface area contributed by atoms with E-state index in [9.17, 15) is 4.39 Å². The molecule has 2 N–H and O–H groups in total. The number of fused-ring (bicyclic) bond motifs is 1. The highest BCUT2D eigenvalue weighted by atomic mass is 19.1. The minimum Gasteiger partial charge on any atom is -0.481 e. The Morgan fingerprint density at radius 1 is 1.20 bits per heavy atom. The first kappa shape index (κ1) is 15.8. The third-order valence-corrected chi connectivity index (χ3v) is 3.92. The van der Waals surface area contributed by atoms with E-state index in [-0.39, 0.29) is 18.4 Å². The van der Waals surface area contributed by atoms with Crippen molar-refractivity contribution in [1.29, 1.82) is 0 Å². The number of morpholine rings is 1. The monoisotopic (exact) mass is 348 g/mol. The molecule has 9 nitrogen and oxygen atoms in total. The van der Waals surface area contributed by atoms with Gasteiger partial charge in [-0.2, -0.15) is 4.98 Å². The van der Waals surface area contributed by atoms with Crippen molar-refractivity contribution in [2.75, 3.05) is 50.2 Å². The summed E-state index contributed by atoms with van der Waals surface area (Å²) in [4.78, 5) is 18.9. The van der Waals surface area contributed by atoms with Gasteiger partial charge in [-0.05, 0) is 0 Å². The van der Waals surface area contributed by atoms with E-state index in [1.165, 1.54) is 12.4 Å². The van der Waals surface area contributed by atoms with Crippen molar-refractivity contribution in [3.8, 4) is 23.0 Å².